The lowest BCUT2D eigenvalue weighted by Crippen LogP contribution is -2.30. The van der Waals surface area contributed by atoms with Crippen molar-refractivity contribution >= 4 is 39.2 Å². The summed E-state index contributed by atoms with van der Waals surface area (Å²) in [5.74, 6) is -2.32. The summed E-state index contributed by atoms with van der Waals surface area (Å²) in [6.45, 7) is 3.11. The summed E-state index contributed by atoms with van der Waals surface area (Å²) in [4.78, 5) is 22.1. The fraction of sp³-hybridized carbons (Fsp3) is 0.429. The Bertz CT molecular complexity index is 750. The number of anilines is 1. The van der Waals surface area contributed by atoms with Crippen molar-refractivity contribution in [3.63, 3.8) is 0 Å². The SMILES string of the molecule is CC(=O)Nc1ccc(S(=O)(=O)N2C[C@@H](C)[C@H](C(=O)O)C2)cc1Cl. The molecule has 0 spiro atoms. The first-order valence-corrected chi connectivity index (χ1v) is 8.75. The molecule has 1 aromatic carbocycles. The number of carboxylic acid groups (broad SMARTS) is 1. The number of benzene rings is 1. The molecule has 1 saturated heterocycles. The molecular weight excluding hydrogens is 344 g/mol. The zero-order valence-corrected chi connectivity index (χ0v) is 14.2. The minimum absolute atomic E-state index is 0.0326. The Kier molecular flexibility index (Phi) is 4.98. The monoisotopic (exact) mass is 360 g/mol. The van der Waals surface area contributed by atoms with Crippen molar-refractivity contribution < 1.29 is 23.1 Å². The maximum Gasteiger partial charge on any atom is 0.308 e. The van der Waals surface area contributed by atoms with Crippen molar-refractivity contribution in [3.8, 4) is 0 Å². The summed E-state index contributed by atoms with van der Waals surface area (Å²) in [6, 6.07) is 4.00. The molecule has 0 aliphatic carbocycles. The van der Waals surface area contributed by atoms with E-state index < -0.39 is 21.9 Å². The number of rotatable bonds is 4. The third kappa shape index (κ3) is 3.65. The maximum atomic E-state index is 12.6. The molecule has 1 aliphatic heterocycles. The predicted octanol–water partition coefficient (Wildman–Crippen LogP) is 1.64. The second kappa shape index (κ2) is 6.46. The Hall–Kier alpha value is -1.64. The van der Waals surface area contributed by atoms with Crippen LogP contribution in [-0.2, 0) is 19.6 Å². The number of amides is 1. The summed E-state index contributed by atoms with van der Waals surface area (Å²) >= 11 is 6.00. The Morgan fingerprint density at radius 3 is 2.48 bits per heavy atom. The van der Waals surface area contributed by atoms with Crippen LogP contribution in [0.25, 0.3) is 0 Å². The largest absolute Gasteiger partial charge is 0.481 e. The van der Waals surface area contributed by atoms with Crippen LogP contribution in [0.2, 0.25) is 5.02 Å². The quantitative estimate of drug-likeness (QED) is 0.849. The normalized spacial score (nSPS) is 22.0. The molecular formula is C14H17ClN2O5S. The van der Waals surface area contributed by atoms with Gasteiger partial charge in [-0.1, -0.05) is 18.5 Å². The number of carbonyl (C=O) groups excluding carboxylic acids is 1. The fourth-order valence-corrected chi connectivity index (χ4v) is 4.42. The van der Waals surface area contributed by atoms with E-state index in [4.69, 9.17) is 16.7 Å². The summed E-state index contributed by atoms with van der Waals surface area (Å²) in [7, 11) is -3.83. The molecule has 0 unspecified atom stereocenters. The Morgan fingerprint density at radius 1 is 1.35 bits per heavy atom. The molecule has 1 aromatic rings. The van der Waals surface area contributed by atoms with Gasteiger partial charge < -0.3 is 10.4 Å². The molecule has 1 heterocycles. The lowest BCUT2D eigenvalue weighted by molar-refractivity contribution is -0.142. The third-order valence-corrected chi connectivity index (χ3v) is 5.93. The van der Waals surface area contributed by atoms with Crippen LogP contribution >= 0.6 is 11.6 Å². The van der Waals surface area contributed by atoms with Gasteiger partial charge in [0.2, 0.25) is 15.9 Å². The van der Waals surface area contributed by atoms with Crippen LogP contribution in [0, 0.1) is 11.8 Å². The summed E-state index contributed by atoms with van der Waals surface area (Å²) in [6.07, 6.45) is 0. The molecule has 2 rings (SSSR count). The number of carbonyl (C=O) groups is 2. The molecule has 0 bridgehead atoms. The van der Waals surface area contributed by atoms with Crippen molar-refractivity contribution in [1.82, 2.24) is 4.31 Å². The van der Waals surface area contributed by atoms with Crippen LogP contribution in [-0.4, -0.2) is 42.8 Å². The van der Waals surface area contributed by atoms with E-state index in [1.807, 2.05) is 0 Å². The average Bonchev–Trinajstić information content (AvgIpc) is 2.83. The Balaban J connectivity index is 2.29. The second-order valence-electron chi connectivity index (χ2n) is 5.57. The molecule has 0 radical (unpaired) electrons. The van der Waals surface area contributed by atoms with Gasteiger partial charge in [-0.3, -0.25) is 9.59 Å². The van der Waals surface area contributed by atoms with Crippen LogP contribution in [0.4, 0.5) is 5.69 Å². The van der Waals surface area contributed by atoms with Crippen molar-refractivity contribution in [2.45, 2.75) is 18.7 Å². The Morgan fingerprint density at radius 2 is 2.00 bits per heavy atom. The van der Waals surface area contributed by atoms with Crippen molar-refractivity contribution in [2.75, 3.05) is 18.4 Å². The highest BCUT2D eigenvalue weighted by Gasteiger charge is 2.40. The lowest BCUT2D eigenvalue weighted by Gasteiger charge is -2.17. The molecule has 0 saturated carbocycles. The van der Waals surface area contributed by atoms with E-state index in [0.717, 1.165) is 4.31 Å². The zero-order chi connectivity index (χ0) is 17.4. The summed E-state index contributed by atoms with van der Waals surface area (Å²) in [5.41, 5.74) is 0.316. The lowest BCUT2D eigenvalue weighted by atomic mass is 9.99. The molecule has 7 nitrogen and oxygen atoms in total. The average molecular weight is 361 g/mol. The van der Waals surface area contributed by atoms with Crippen molar-refractivity contribution in [1.29, 1.82) is 0 Å². The van der Waals surface area contributed by atoms with E-state index in [-0.39, 0.29) is 34.8 Å². The van der Waals surface area contributed by atoms with E-state index in [0.29, 0.717) is 5.69 Å². The van der Waals surface area contributed by atoms with Crippen LogP contribution in [0.15, 0.2) is 23.1 Å². The number of hydrogen-bond donors (Lipinski definition) is 2. The van der Waals surface area contributed by atoms with E-state index in [1.54, 1.807) is 6.92 Å². The number of sulfonamides is 1. The molecule has 1 amide bonds. The first-order chi connectivity index (χ1) is 10.6. The van der Waals surface area contributed by atoms with Gasteiger partial charge in [0, 0.05) is 20.0 Å². The number of carboxylic acids is 1. The van der Waals surface area contributed by atoms with Gasteiger partial charge in [0.05, 0.1) is 21.5 Å². The molecule has 1 fully saturated rings. The number of nitrogens with one attached hydrogen (secondary N) is 1. The van der Waals surface area contributed by atoms with E-state index in [2.05, 4.69) is 5.32 Å². The highest BCUT2D eigenvalue weighted by molar-refractivity contribution is 7.89. The third-order valence-electron chi connectivity index (χ3n) is 3.79. The van der Waals surface area contributed by atoms with Crippen LogP contribution < -0.4 is 5.32 Å². The Labute approximate surface area is 139 Å². The van der Waals surface area contributed by atoms with E-state index >= 15 is 0 Å². The predicted molar refractivity (Wildman–Crippen MR) is 84.8 cm³/mol. The van der Waals surface area contributed by atoms with Gasteiger partial charge in [0.15, 0.2) is 0 Å². The second-order valence-corrected chi connectivity index (χ2v) is 7.91. The van der Waals surface area contributed by atoms with E-state index in [1.165, 1.54) is 25.1 Å². The number of aliphatic carboxylic acids is 1. The molecule has 2 atom stereocenters. The van der Waals surface area contributed by atoms with Crippen molar-refractivity contribution in [3.05, 3.63) is 23.2 Å². The van der Waals surface area contributed by atoms with Crippen LogP contribution in [0.1, 0.15) is 13.8 Å². The van der Waals surface area contributed by atoms with Gasteiger partial charge in [-0.15, -0.1) is 0 Å². The fourth-order valence-electron chi connectivity index (χ4n) is 2.54. The molecule has 1 aliphatic rings. The molecule has 126 valence electrons. The van der Waals surface area contributed by atoms with E-state index in [9.17, 15) is 18.0 Å². The zero-order valence-electron chi connectivity index (χ0n) is 12.6. The standard InChI is InChI=1S/C14H17ClN2O5S/c1-8-6-17(7-11(8)14(19)20)23(21,22)10-3-4-13(12(15)5-10)16-9(2)18/h3-5,8,11H,6-7H2,1-2H3,(H,16,18)(H,19,20)/t8-,11-/m1/s1. The van der Waals surface area contributed by atoms with Crippen LogP contribution in [0.3, 0.4) is 0 Å². The smallest absolute Gasteiger partial charge is 0.308 e. The van der Waals surface area contributed by atoms with Gasteiger partial charge in [-0.25, -0.2) is 8.42 Å². The molecule has 0 aromatic heterocycles. The number of hydrogen-bond acceptors (Lipinski definition) is 4. The minimum Gasteiger partial charge on any atom is -0.481 e. The molecule has 9 heteroatoms. The van der Waals surface area contributed by atoms with Gasteiger partial charge >= 0.3 is 5.97 Å². The first kappa shape index (κ1) is 17.7. The topological polar surface area (TPSA) is 104 Å². The summed E-state index contributed by atoms with van der Waals surface area (Å²) in [5, 5.41) is 11.7. The minimum atomic E-state index is -3.83. The van der Waals surface area contributed by atoms with Gasteiger partial charge in [-0.2, -0.15) is 4.31 Å². The summed E-state index contributed by atoms with van der Waals surface area (Å²) < 4.78 is 26.4. The van der Waals surface area contributed by atoms with Gasteiger partial charge in [-0.05, 0) is 24.1 Å². The van der Waals surface area contributed by atoms with Gasteiger partial charge in [0.25, 0.3) is 0 Å². The number of halogens is 1. The highest BCUT2D eigenvalue weighted by atomic mass is 35.5. The number of nitrogens with zero attached hydrogens (tertiary/aromatic N) is 1. The highest BCUT2D eigenvalue weighted by Crippen LogP contribution is 2.31. The van der Waals surface area contributed by atoms with Gasteiger partial charge in [0.1, 0.15) is 0 Å². The van der Waals surface area contributed by atoms with Crippen LogP contribution in [0.5, 0.6) is 0 Å². The van der Waals surface area contributed by atoms with Crippen molar-refractivity contribution in [2.24, 2.45) is 11.8 Å². The maximum absolute atomic E-state index is 12.6. The first-order valence-electron chi connectivity index (χ1n) is 6.93. The molecule has 23 heavy (non-hydrogen) atoms. The molecule has 2 N–H and O–H groups in total.